The number of benzene rings is 2. The summed E-state index contributed by atoms with van der Waals surface area (Å²) < 4.78 is 0. The Morgan fingerprint density at radius 1 is 1.05 bits per heavy atom. The van der Waals surface area contributed by atoms with Crippen LogP contribution in [0.5, 0.6) is 0 Å². The van der Waals surface area contributed by atoms with Crippen LogP contribution < -0.4 is 5.43 Å². The predicted octanol–water partition coefficient (Wildman–Crippen LogP) is 3.33. The van der Waals surface area contributed by atoms with Crippen LogP contribution in [0.1, 0.15) is 30.4 Å². The Hall–Kier alpha value is -2.42. The molecule has 1 amide bonds. The lowest BCUT2D eigenvalue weighted by molar-refractivity contribution is -0.121. The summed E-state index contributed by atoms with van der Waals surface area (Å²) in [4.78, 5) is 12.4. The van der Waals surface area contributed by atoms with E-state index in [1.807, 2.05) is 67.6 Å². The van der Waals surface area contributed by atoms with Crippen molar-refractivity contribution in [1.82, 2.24) is 5.43 Å². The van der Waals surface area contributed by atoms with Crippen LogP contribution in [0.3, 0.4) is 0 Å². The van der Waals surface area contributed by atoms with E-state index in [2.05, 4.69) is 10.5 Å². The second-order valence-corrected chi connectivity index (χ2v) is 4.45. The van der Waals surface area contributed by atoms with E-state index in [-0.39, 0.29) is 11.8 Å². The lowest BCUT2D eigenvalue weighted by atomic mass is 9.91. The predicted molar refractivity (Wildman–Crippen MR) is 81.7 cm³/mol. The second kappa shape index (κ2) is 7.24. The molecule has 0 atom stereocenters. The Kier molecular flexibility index (Phi) is 5.07. The van der Waals surface area contributed by atoms with Crippen LogP contribution in [0, 0.1) is 0 Å². The van der Waals surface area contributed by atoms with Gasteiger partial charge >= 0.3 is 0 Å². The van der Waals surface area contributed by atoms with E-state index in [0.717, 1.165) is 17.5 Å². The molecule has 0 radical (unpaired) electrons. The van der Waals surface area contributed by atoms with Gasteiger partial charge < -0.3 is 0 Å². The van der Waals surface area contributed by atoms with E-state index in [4.69, 9.17) is 0 Å². The average Bonchev–Trinajstić information content (AvgIpc) is 2.50. The molecule has 102 valence electrons. The van der Waals surface area contributed by atoms with Gasteiger partial charge in [0.05, 0.1) is 5.92 Å². The first-order valence-corrected chi connectivity index (χ1v) is 6.74. The standard InChI is InChI=1S/C17H18N2O/c1-2-13-18-19-17(20)16(14-9-5-3-6-10-14)15-11-7-4-8-12-15/h3-13,16H,2H2,1H3,(H,19,20). The van der Waals surface area contributed by atoms with Crippen molar-refractivity contribution in [3.05, 3.63) is 71.8 Å². The van der Waals surface area contributed by atoms with Gasteiger partial charge in [-0.3, -0.25) is 4.79 Å². The number of nitrogens with zero attached hydrogens (tertiary/aromatic N) is 1. The highest BCUT2D eigenvalue weighted by molar-refractivity contribution is 5.87. The van der Waals surface area contributed by atoms with Crippen LogP contribution in [0.2, 0.25) is 0 Å². The van der Waals surface area contributed by atoms with Crippen LogP contribution in [0.25, 0.3) is 0 Å². The number of hydrogen-bond acceptors (Lipinski definition) is 2. The number of carbonyl (C=O) groups excluding carboxylic acids is 1. The van der Waals surface area contributed by atoms with Crippen molar-refractivity contribution < 1.29 is 4.79 Å². The largest absolute Gasteiger partial charge is 0.272 e. The highest BCUT2D eigenvalue weighted by atomic mass is 16.2. The topological polar surface area (TPSA) is 41.5 Å². The Bertz CT molecular complexity index is 525. The summed E-state index contributed by atoms with van der Waals surface area (Å²) in [5.74, 6) is -0.460. The van der Waals surface area contributed by atoms with Crippen molar-refractivity contribution in [2.75, 3.05) is 0 Å². The molecule has 1 N–H and O–H groups in total. The van der Waals surface area contributed by atoms with Gasteiger partial charge in [-0.1, -0.05) is 67.6 Å². The highest BCUT2D eigenvalue weighted by Crippen LogP contribution is 2.24. The van der Waals surface area contributed by atoms with Crippen LogP contribution in [-0.2, 0) is 4.79 Å². The van der Waals surface area contributed by atoms with E-state index >= 15 is 0 Å². The van der Waals surface area contributed by atoms with Gasteiger partial charge in [-0.15, -0.1) is 0 Å². The van der Waals surface area contributed by atoms with Gasteiger partial charge in [0.2, 0.25) is 0 Å². The maximum Gasteiger partial charge on any atom is 0.252 e. The van der Waals surface area contributed by atoms with Crippen LogP contribution in [0.15, 0.2) is 65.8 Å². The number of nitrogens with one attached hydrogen (secondary N) is 1. The van der Waals surface area contributed by atoms with E-state index in [1.54, 1.807) is 6.21 Å². The van der Waals surface area contributed by atoms with Gasteiger partial charge in [-0.25, -0.2) is 5.43 Å². The van der Waals surface area contributed by atoms with Crippen molar-refractivity contribution in [1.29, 1.82) is 0 Å². The van der Waals surface area contributed by atoms with Gasteiger partial charge in [0.15, 0.2) is 0 Å². The van der Waals surface area contributed by atoms with E-state index in [9.17, 15) is 4.79 Å². The van der Waals surface area contributed by atoms with Gasteiger partial charge in [0.1, 0.15) is 0 Å². The molecule has 3 heteroatoms. The maximum absolute atomic E-state index is 12.4. The molecule has 0 aliphatic heterocycles. The molecule has 0 fully saturated rings. The molecule has 0 aliphatic carbocycles. The van der Waals surface area contributed by atoms with Crippen LogP contribution in [0.4, 0.5) is 0 Å². The molecule has 0 saturated carbocycles. The maximum atomic E-state index is 12.4. The van der Waals surface area contributed by atoms with Gasteiger partial charge in [0, 0.05) is 6.21 Å². The first kappa shape index (κ1) is 14.0. The molecule has 0 aromatic heterocycles. The summed E-state index contributed by atoms with van der Waals surface area (Å²) >= 11 is 0. The zero-order chi connectivity index (χ0) is 14.2. The number of hydrogen-bond donors (Lipinski definition) is 1. The number of hydrazone groups is 1. The van der Waals surface area contributed by atoms with Crippen molar-refractivity contribution >= 4 is 12.1 Å². The molecule has 0 unspecified atom stereocenters. The Labute approximate surface area is 119 Å². The summed E-state index contributed by atoms with van der Waals surface area (Å²) in [5, 5.41) is 3.94. The van der Waals surface area contributed by atoms with Crippen molar-refractivity contribution in [2.24, 2.45) is 5.10 Å². The summed E-state index contributed by atoms with van der Waals surface area (Å²) in [5.41, 5.74) is 4.53. The summed E-state index contributed by atoms with van der Waals surface area (Å²) in [6, 6.07) is 19.5. The minimum atomic E-state index is -0.341. The normalized spacial score (nSPS) is 10.9. The third kappa shape index (κ3) is 3.54. The van der Waals surface area contributed by atoms with Crippen LogP contribution >= 0.6 is 0 Å². The SMILES string of the molecule is CCC=NNC(=O)C(c1ccccc1)c1ccccc1. The van der Waals surface area contributed by atoms with E-state index < -0.39 is 0 Å². The smallest absolute Gasteiger partial charge is 0.252 e. The summed E-state index contributed by atoms with van der Waals surface area (Å²) in [7, 11) is 0. The average molecular weight is 266 g/mol. The fourth-order valence-corrected chi connectivity index (χ4v) is 2.05. The monoisotopic (exact) mass is 266 g/mol. The lowest BCUT2D eigenvalue weighted by Gasteiger charge is -2.16. The number of carbonyl (C=O) groups is 1. The number of amides is 1. The fraction of sp³-hybridized carbons (Fsp3) is 0.176. The van der Waals surface area contributed by atoms with Gasteiger partial charge in [-0.05, 0) is 17.5 Å². The molecule has 0 bridgehead atoms. The zero-order valence-electron chi connectivity index (χ0n) is 11.5. The quantitative estimate of drug-likeness (QED) is 0.654. The van der Waals surface area contributed by atoms with Crippen LogP contribution in [-0.4, -0.2) is 12.1 Å². The second-order valence-electron chi connectivity index (χ2n) is 4.45. The van der Waals surface area contributed by atoms with Gasteiger partial charge in [-0.2, -0.15) is 5.10 Å². The number of rotatable bonds is 5. The van der Waals surface area contributed by atoms with E-state index in [1.165, 1.54) is 0 Å². The zero-order valence-corrected chi connectivity index (χ0v) is 11.5. The highest BCUT2D eigenvalue weighted by Gasteiger charge is 2.21. The minimum absolute atomic E-state index is 0.118. The first-order valence-electron chi connectivity index (χ1n) is 6.74. The van der Waals surface area contributed by atoms with Crippen molar-refractivity contribution in [3.8, 4) is 0 Å². The molecule has 0 heterocycles. The molecule has 2 aromatic carbocycles. The summed E-state index contributed by atoms with van der Waals surface area (Å²) in [6.07, 6.45) is 2.48. The van der Waals surface area contributed by atoms with Crippen molar-refractivity contribution in [3.63, 3.8) is 0 Å². The molecular weight excluding hydrogens is 248 g/mol. The molecule has 0 spiro atoms. The Morgan fingerprint density at radius 2 is 1.55 bits per heavy atom. The molecule has 0 aliphatic rings. The lowest BCUT2D eigenvalue weighted by Crippen LogP contribution is -2.26. The molecule has 2 rings (SSSR count). The molecule has 20 heavy (non-hydrogen) atoms. The Morgan fingerprint density at radius 3 is 2.00 bits per heavy atom. The molecule has 3 nitrogen and oxygen atoms in total. The minimum Gasteiger partial charge on any atom is -0.272 e. The third-order valence-electron chi connectivity index (χ3n) is 2.98. The van der Waals surface area contributed by atoms with Gasteiger partial charge in [0.25, 0.3) is 5.91 Å². The fourth-order valence-electron chi connectivity index (χ4n) is 2.05. The van der Waals surface area contributed by atoms with E-state index in [0.29, 0.717) is 0 Å². The summed E-state index contributed by atoms with van der Waals surface area (Å²) in [6.45, 7) is 1.97. The molecule has 2 aromatic rings. The first-order chi connectivity index (χ1) is 9.83. The molecular formula is C17H18N2O. The Balaban J connectivity index is 2.30. The third-order valence-corrected chi connectivity index (χ3v) is 2.98. The molecule has 0 saturated heterocycles. The van der Waals surface area contributed by atoms with Crippen molar-refractivity contribution in [2.45, 2.75) is 19.3 Å².